The van der Waals surface area contributed by atoms with Crippen molar-refractivity contribution in [2.75, 3.05) is 5.32 Å². The van der Waals surface area contributed by atoms with Gasteiger partial charge in [-0.15, -0.1) is 0 Å². The lowest BCUT2D eigenvalue weighted by molar-refractivity contribution is -0.121. The molecule has 3 amide bonds. The largest absolute Gasteiger partial charge is 0.361 e. The van der Waals surface area contributed by atoms with Gasteiger partial charge in [-0.1, -0.05) is 24.3 Å². The Kier molecular flexibility index (Phi) is 4.98. The topological polar surface area (TPSA) is 103 Å². The van der Waals surface area contributed by atoms with Crippen LogP contribution in [-0.2, 0) is 16.0 Å². The van der Waals surface area contributed by atoms with Gasteiger partial charge in [0.05, 0.1) is 6.42 Å². The normalized spacial score (nSPS) is 10.3. The Labute approximate surface area is 149 Å². The van der Waals surface area contributed by atoms with Crippen LogP contribution in [0.4, 0.5) is 5.69 Å². The zero-order chi connectivity index (χ0) is 18.5. The fourth-order valence-electron chi connectivity index (χ4n) is 2.64. The van der Waals surface area contributed by atoms with Gasteiger partial charge in [0.1, 0.15) is 0 Å². The number of amides is 3. The van der Waals surface area contributed by atoms with Crippen LogP contribution in [0.1, 0.15) is 22.8 Å². The lowest BCUT2D eigenvalue weighted by atomic mass is 10.1. The summed E-state index contributed by atoms with van der Waals surface area (Å²) in [6.07, 6.45) is 1.92. The first-order valence-corrected chi connectivity index (χ1v) is 8.05. The van der Waals surface area contributed by atoms with Crippen LogP contribution in [-0.4, -0.2) is 22.7 Å². The van der Waals surface area contributed by atoms with Gasteiger partial charge in [0.15, 0.2) is 0 Å². The molecule has 0 fully saturated rings. The van der Waals surface area contributed by atoms with E-state index in [0.29, 0.717) is 11.3 Å². The number of hydrogen-bond acceptors (Lipinski definition) is 3. The molecule has 0 aliphatic carbocycles. The van der Waals surface area contributed by atoms with Crippen molar-refractivity contribution in [1.29, 1.82) is 0 Å². The number of fused-ring (bicyclic) bond motifs is 1. The first-order chi connectivity index (χ1) is 12.5. The van der Waals surface area contributed by atoms with E-state index in [4.69, 9.17) is 0 Å². The minimum absolute atomic E-state index is 0.135. The van der Waals surface area contributed by atoms with Crippen LogP contribution < -0.4 is 16.2 Å². The van der Waals surface area contributed by atoms with Crippen molar-refractivity contribution in [3.63, 3.8) is 0 Å². The monoisotopic (exact) mass is 350 g/mol. The maximum Gasteiger partial charge on any atom is 0.269 e. The van der Waals surface area contributed by atoms with Gasteiger partial charge in [0.25, 0.3) is 5.91 Å². The van der Waals surface area contributed by atoms with Crippen LogP contribution in [0.25, 0.3) is 10.9 Å². The summed E-state index contributed by atoms with van der Waals surface area (Å²) < 4.78 is 0. The molecule has 0 aliphatic rings. The third kappa shape index (κ3) is 4.07. The number of nitrogens with one attached hydrogen (secondary N) is 4. The van der Waals surface area contributed by atoms with Crippen molar-refractivity contribution in [3.05, 3.63) is 65.9 Å². The molecule has 0 spiro atoms. The van der Waals surface area contributed by atoms with Crippen molar-refractivity contribution in [3.8, 4) is 0 Å². The summed E-state index contributed by atoms with van der Waals surface area (Å²) in [5, 5.41) is 3.57. The smallest absolute Gasteiger partial charge is 0.269 e. The van der Waals surface area contributed by atoms with Gasteiger partial charge < -0.3 is 10.3 Å². The van der Waals surface area contributed by atoms with Gasteiger partial charge in [0.2, 0.25) is 11.8 Å². The molecule has 0 atom stereocenters. The van der Waals surface area contributed by atoms with Crippen molar-refractivity contribution in [1.82, 2.24) is 15.8 Å². The van der Waals surface area contributed by atoms with Crippen molar-refractivity contribution < 1.29 is 14.4 Å². The Morgan fingerprint density at radius 2 is 1.81 bits per heavy atom. The molecule has 0 aliphatic heterocycles. The van der Waals surface area contributed by atoms with E-state index in [1.165, 1.54) is 13.0 Å². The molecular formula is C19H18N4O3. The van der Waals surface area contributed by atoms with Gasteiger partial charge in [-0.25, -0.2) is 0 Å². The highest BCUT2D eigenvalue weighted by Gasteiger charge is 2.11. The number of rotatable bonds is 4. The molecule has 0 unspecified atom stereocenters. The van der Waals surface area contributed by atoms with E-state index in [1.807, 2.05) is 24.3 Å². The zero-order valence-electron chi connectivity index (χ0n) is 14.1. The second-order valence-electron chi connectivity index (χ2n) is 5.80. The molecule has 0 saturated carbocycles. The lowest BCUT2D eigenvalue weighted by Crippen LogP contribution is -2.42. The van der Waals surface area contributed by atoms with Gasteiger partial charge in [-0.3, -0.25) is 25.2 Å². The van der Waals surface area contributed by atoms with E-state index in [-0.39, 0.29) is 18.2 Å². The molecule has 0 saturated heterocycles. The number of H-pyrrole nitrogens is 1. The lowest BCUT2D eigenvalue weighted by Gasteiger charge is -2.08. The van der Waals surface area contributed by atoms with Crippen LogP contribution in [0, 0.1) is 0 Å². The summed E-state index contributed by atoms with van der Waals surface area (Å²) >= 11 is 0. The summed E-state index contributed by atoms with van der Waals surface area (Å²) in [7, 11) is 0. The highest BCUT2D eigenvalue weighted by Crippen LogP contribution is 2.17. The number of carbonyl (C=O) groups is 3. The molecule has 0 bridgehead atoms. The summed E-state index contributed by atoms with van der Waals surface area (Å²) in [6, 6.07) is 14.1. The number of aromatic nitrogens is 1. The fraction of sp³-hybridized carbons (Fsp3) is 0.105. The van der Waals surface area contributed by atoms with Gasteiger partial charge in [-0.2, -0.15) is 0 Å². The Balaban J connectivity index is 1.59. The van der Waals surface area contributed by atoms with Gasteiger partial charge >= 0.3 is 0 Å². The standard InChI is InChI=1S/C19H18N4O3/c1-12(24)21-15-6-4-5-13(9-15)19(26)23-22-18(25)10-14-11-20-17-8-3-2-7-16(14)17/h2-9,11,20H,10H2,1H3,(H,21,24)(H,22,25)(H,23,26). The Morgan fingerprint density at radius 1 is 1.00 bits per heavy atom. The molecule has 0 radical (unpaired) electrons. The molecule has 26 heavy (non-hydrogen) atoms. The van der Waals surface area contributed by atoms with Crippen molar-refractivity contribution in [2.24, 2.45) is 0 Å². The Hall–Kier alpha value is -3.61. The van der Waals surface area contributed by atoms with Crippen LogP contribution >= 0.6 is 0 Å². The van der Waals surface area contributed by atoms with Crippen molar-refractivity contribution >= 4 is 34.3 Å². The third-order valence-electron chi connectivity index (χ3n) is 3.79. The molecule has 1 heterocycles. The predicted molar refractivity (Wildman–Crippen MR) is 98.4 cm³/mol. The van der Waals surface area contributed by atoms with E-state index in [0.717, 1.165) is 16.5 Å². The van der Waals surface area contributed by atoms with Gasteiger partial charge in [-0.05, 0) is 29.8 Å². The average Bonchev–Trinajstić information content (AvgIpc) is 3.02. The molecule has 7 nitrogen and oxygen atoms in total. The second kappa shape index (κ2) is 7.52. The van der Waals surface area contributed by atoms with Crippen LogP contribution in [0.15, 0.2) is 54.7 Å². The summed E-state index contributed by atoms with van der Waals surface area (Å²) in [5.74, 6) is -1.03. The number of hydrazine groups is 1. The molecule has 3 rings (SSSR count). The number of para-hydroxylation sites is 1. The Bertz CT molecular complexity index is 978. The number of carbonyl (C=O) groups excluding carboxylic acids is 3. The quantitative estimate of drug-likeness (QED) is 0.542. The van der Waals surface area contributed by atoms with E-state index in [1.54, 1.807) is 24.4 Å². The molecule has 132 valence electrons. The SMILES string of the molecule is CC(=O)Nc1cccc(C(=O)NNC(=O)Cc2c[nH]c3ccccc23)c1. The zero-order valence-corrected chi connectivity index (χ0v) is 14.1. The van der Waals surface area contributed by atoms with E-state index in [9.17, 15) is 14.4 Å². The molecule has 3 aromatic rings. The first kappa shape index (κ1) is 17.2. The number of aromatic amines is 1. The fourth-order valence-corrected chi connectivity index (χ4v) is 2.64. The second-order valence-corrected chi connectivity index (χ2v) is 5.80. The minimum atomic E-state index is -0.468. The van der Waals surface area contributed by atoms with Crippen LogP contribution in [0.2, 0.25) is 0 Å². The summed E-state index contributed by atoms with van der Waals surface area (Å²) in [5.41, 5.74) is 7.42. The van der Waals surface area contributed by atoms with Crippen molar-refractivity contribution in [2.45, 2.75) is 13.3 Å². The molecule has 2 aromatic carbocycles. The predicted octanol–water partition coefficient (Wildman–Crippen LogP) is 2.13. The average molecular weight is 350 g/mol. The highest BCUT2D eigenvalue weighted by molar-refractivity contribution is 5.98. The first-order valence-electron chi connectivity index (χ1n) is 8.05. The molecule has 4 N–H and O–H groups in total. The Morgan fingerprint density at radius 3 is 2.62 bits per heavy atom. The van der Waals surface area contributed by atoms with E-state index >= 15 is 0 Å². The maximum absolute atomic E-state index is 12.2. The number of anilines is 1. The maximum atomic E-state index is 12.2. The summed E-state index contributed by atoms with van der Waals surface area (Å²) in [6.45, 7) is 1.39. The molecular weight excluding hydrogens is 332 g/mol. The highest BCUT2D eigenvalue weighted by atomic mass is 16.2. The minimum Gasteiger partial charge on any atom is -0.361 e. The van der Waals surface area contributed by atoms with E-state index < -0.39 is 5.91 Å². The number of benzene rings is 2. The summed E-state index contributed by atoms with van der Waals surface area (Å²) in [4.78, 5) is 38.4. The van der Waals surface area contributed by atoms with Gasteiger partial charge in [0, 0.05) is 35.3 Å². The van der Waals surface area contributed by atoms with E-state index in [2.05, 4.69) is 21.2 Å². The molecule has 7 heteroatoms. The van der Waals surface area contributed by atoms with Crippen LogP contribution in [0.3, 0.4) is 0 Å². The number of hydrogen-bond donors (Lipinski definition) is 4. The van der Waals surface area contributed by atoms with Crippen LogP contribution in [0.5, 0.6) is 0 Å². The third-order valence-corrected chi connectivity index (χ3v) is 3.79. The molecule has 1 aromatic heterocycles.